The third-order valence-electron chi connectivity index (χ3n) is 8.20. The van der Waals surface area contributed by atoms with Crippen molar-refractivity contribution in [3.8, 4) is 11.1 Å². The lowest BCUT2D eigenvalue weighted by Crippen LogP contribution is -2.40. The summed E-state index contributed by atoms with van der Waals surface area (Å²) < 4.78 is 54.2. The van der Waals surface area contributed by atoms with Gasteiger partial charge < -0.3 is 19.6 Å². The Balaban J connectivity index is 1.46. The molecule has 9 nitrogen and oxygen atoms in total. The van der Waals surface area contributed by atoms with Crippen molar-refractivity contribution in [2.24, 2.45) is 0 Å². The van der Waals surface area contributed by atoms with E-state index in [1.807, 2.05) is 83.5 Å². The Labute approximate surface area is 268 Å². The van der Waals surface area contributed by atoms with Crippen LogP contribution >= 0.6 is 15.2 Å². The molecule has 13 heteroatoms. The molecule has 0 bridgehead atoms. The molecule has 1 aromatic heterocycles. The van der Waals surface area contributed by atoms with Crippen molar-refractivity contribution >= 4 is 31.5 Å². The second-order valence-corrected chi connectivity index (χ2v) is 14.6. The summed E-state index contributed by atoms with van der Waals surface area (Å²) in [7, 11) is -10.2. The molecule has 4 N–H and O–H groups in total. The fraction of sp³-hybridized carbons (Fsp3) is 0.118. The smallest absolute Gasteiger partial charge is 0.321 e. The summed E-state index contributed by atoms with van der Waals surface area (Å²) in [6.07, 6.45) is 0.617. The summed E-state index contributed by atoms with van der Waals surface area (Å²) in [6.45, 7) is 0. The van der Waals surface area contributed by atoms with Gasteiger partial charge in [0.15, 0.2) is 0 Å². The first-order valence-corrected chi connectivity index (χ1v) is 17.7. The van der Waals surface area contributed by atoms with Gasteiger partial charge in [-0.05, 0) is 52.1 Å². The monoisotopic (exact) mass is 675 g/mol. The average Bonchev–Trinajstić information content (AvgIpc) is 3.49. The van der Waals surface area contributed by atoms with E-state index >= 15 is 0 Å². The van der Waals surface area contributed by atoms with Gasteiger partial charge in [0.05, 0.1) is 16.4 Å². The minimum atomic E-state index is -5.74. The van der Waals surface area contributed by atoms with Crippen LogP contribution in [-0.4, -0.2) is 34.6 Å². The molecule has 0 aliphatic rings. The molecule has 6 aromatic rings. The molecule has 6 rings (SSSR count). The highest BCUT2D eigenvalue weighted by atomic mass is 31.2. The molecule has 0 aliphatic heterocycles. The van der Waals surface area contributed by atoms with Crippen LogP contribution in [0.25, 0.3) is 22.2 Å². The molecule has 0 fully saturated rings. The van der Waals surface area contributed by atoms with Gasteiger partial charge >= 0.3 is 20.9 Å². The third kappa shape index (κ3) is 6.47. The average molecular weight is 676 g/mol. The maximum absolute atomic E-state index is 14.5. The van der Waals surface area contributed by atoms with Crippen molar-refractivity contribution in [3.05, 3.63) is 150 Å². The molecule has 0 radical (unpaired) electrons. The highest BCUT2D eigenvalue weighted by Crippen LogP contribution is 2.59. The zero-order valence-electron chi connectivity index (χ0n) is 24.6. The first-order chi connectivity index (χ1) is 22.3. The molecule has 5 aromatic carbocycles. The fourth-order valence-corrected chi connectivity index (χ4v) is 6.89. The molecular formula is C34H29F2N3O6P2. The van der Waals surface area contributed by atoms with Crippen LogP contribution in [0, 0.1) is 0 Å². The number of hydrogen-bond donors (Lipinski definition) is 4. The van der Waals surface area contributed by atoms with Crippen LogP contribution in [0.4, 0.5) is 8.78 Å². The van der Waals surface area contributed by atoms with E-state index in [9.17, 15) is 37.5 Å². The van der Waals surface area contributed by atoms with E-state index in [1.165, 1.54) is 24.3 Å². The van der Waals surface area contributed by atoms with Crippen molar-refractivity contribution in [3.63, 3.8) is 0 Å². The maximum Gasteiger partial charge on any atom is 0.399 e. The van der Waals surface area contributed by atoms with Crippen LogP contribution in [-0.2, 0) is 33.2 Å². The predicted molar refractivity (Wildman–Crippen MR) is 174 cm³/mol. The standard InChI is InChI=1S/C34H29F2N3O6P2/c35-34(36,47(43,44)45)29-19-15-25(16-20-29)23-33(28-8-2-1-3-9-28,39-32-12-5-4-11-31(32)37-38-39)22-24-13-17-26(18-14-24)27-7-6-10-30(21-27)46(40,41)42/h1-21H,22-23H2,(H2,40,41,42)(H2,43,44,45)/t33-/m0/s1. The molecule has 0 amide bonds. The van der Waals surface area contributed by atoms with Crippen molar-refractivity contribution < 1.29 is 37.5 Å². The van der Waals surface area contributed by atoms with Gasteiger partial charge in [-0.2, -0.15) is 8.78 Å². The quantitative estimate of drug-likeness (QED) is 0.123. The van der Waals surface area contributed by atoms with Gasteiger partial charge in [-0.25, -0.2) is 4.68 Å². The number of para-hydroxylation sites is 1. The minimum absolute atomic E-state index is 0.0789. The second-order valence-electron chi connectivity index (χ2n) is 11.3. The van der Waals surface area contributed by atoms with Crippen molar-refractivity contribution in [2.75, 3.05) is 0 Å². The van der Waals surface area contributed by atoms with Gasteiger partial charge in [0, 0.05) is 18.4 Å². The molecule has 240 valence electrons. The molecule has 0 saturated heterocycles. The Kier molecular flexibility index (Phi) is 8.57. The lowest BCUT2D eigenvalue weighted by Gasteiger charge is -2.36. The number of fused-ring (bicyclic) bond motifs is 1. The van der Waals surface area contributed by atoms with Crippen LogP contribution in [0.15, 0.2) is 127 Å². The van der Waals surface area contributed by atoms with Crippen molar-refractivity contribution in [2.45, 2.75) is 24.0 Å². The summed E-state index contributed by atoms with van der Waals surface area (Å²) in [5, 5.41) is 8.93. The lowest BCUT2D eigenvalue weighted by atomic mass is 9.78. The van der Waals surface area contributed by atoms with Crippen LogP contribution in [0.3, 0.4) is 0 Å². The Morgan fingerprint density at radius 2 is 1.23 bits per heavy atom. The molecule has 0 saturated carbocycles. The molecule has 0 unspecified atom stereocenters. The molecule has 1 atom stereocenters. The zero-order valence-corrected chi connectivity index (χ0v) is 26.4. The molecule has 1 heterocycles. The first kappa shape index (κ1) is 32.6. The summed E-state index contributed by atoms with van der Waals surface area (Å²) in [6, 6.07) is 35.7. The van der Waals surface area contributed by atoms with Crippen LogP contribution in [0.5, 0.6) is 0 Å². The number of alkyl halides is 2. The molecular weight excluding hydrogens is 646 g/mol. The Bertz CT molecular complexity index is 2130. The number of aromatic nitrogens is 3. The first-order valence-electron chi connectivity index (χ1n) is 14.4. The number of rotatable bonds is 10. The number of hydrogen-bond acceptors (Lipinski definition) is 4. The largest absolute Gasteiger partial charge is 0.399 e. The van der Waals surface area contributed by atoms with Gasteiger partial charge in [-0.1, -0.05) is 108 Å². The van der Waals surface area contributed by atoms with E-state index in [-0.39, 0.29) is 11.7 Å². The van der Waals surface area contributed by atoms with Crippen LogP contribution in [0.1, 0.15) is 22.3 Å². The van der Waals surface area contributed by atoms with E-state index in [0.717, 1.165) is 34.3 Å². The summed E-state index contributed by atoms with van der Waals surface area (Å²) in [4.78, 5) is 37.8. The normalized spacial score (nSPS) is 13.8. The van der Waals surface area contributed by atoms with Crippen LogP contribution < -0.4 is 5.30 Å². The van der Waals surface area contributed by atoms with Crippen molar-refractivity contribution in [1.82, 2.24) is 15.0 Å². The van der Waals surface area contributed by atoms with E-state index in [4.69, 9.17) is 0 Å². The Morgan fingerprint density at radius 3 is 1.85 bits per heavy atom. The molecule has 0 spiro atoms. The number of benzene rings is 5. The zero-order chi connectivity index (χ0) is 33.5. The van der Waals surface area contributed by atoms with Gasteiger partial charge in [-0.15, -0.1) is 5.10 Å². The summed E-state index contributed by atoms with van der Waals surface area (Å²) in [5.41, 5.74) is -0.927. The lowest BCUT2D eigenvalue weighted by molar-refractivity contribution is 0.0564. The molecule has 47 heavy (non-hydrogen) atoms. The highest BCUT2D eigenvalue weighted by molar-refractivity contribution is 7.60. The SMILES string of the molecule is O=P(O)(O)c1cccc(-c2ccc(C[C@](Cc3ccc(C(F)(F)P(=O)(O)O)cc3)(c3ccccc3)n3nnc4ccccc43)cc2)c1. The van der Waals surface area contributed by atoms with Crippen LogP contribution in [0.2, 0.25) is 0 Å². The third-order valence-corrected chi connectivity index (χ3v) is 10.1. The van der Waals surface area contributed by atoms with Gasteiger partial charge in [0.25, 0.3) is 0 Å². The molecule has 0 aliphatic carbocycles. The fourth-order valence-electron chi connectivity index (χ4n) is 5.82. The van der Waals surface area contributed by atoms with Gasteiger partial charge in [-0.3, -0.25) is 9.13 Å². The van der Waals surface area contributed by atoms with E-state index in [0.29, 0.717) is 23.1 Å². The summed E-state index contributed by atoms with van der Waals surface area (Å²) >= 11 is 0. The Morgan fingerprint density at radius 1 is 0.638 bits per heavy atom. The van der Waals surface area contributed by atoms with E-state index < -0.39 is 32.0 Å². The van der Waals surface area contributed by atoms with Gasteiger partial charge in [0.2, 0.25) is 0 Å². The van der Waals surface area contributed by atoms with E-state index in [1.54, 1.807) is 12.1 Å². The predicted octanol–water partition coefficient (Wildman–Crippen LogP) is 6.36. The highest BCUT2D eigenvalue weighted by Gasteiger charge is 2.50. The minimum Gasteiger partial charge on any atom is -0.321 e. The van der Waals surface area contributed by atoms with Gasteiger partial charge in [0.1, 0.15) is 5.52 Å². The topological polar surface area (TPSA) is 146 Å². The number of halogens is 2. The second kappa shape index (κ2) is 12.4. The number of nitrogens with zero attached hydrogens (tertiary/aromatic N) is 3. The van der Waals surface area contributed by atoms with E-state index in [2.05, 4.69) is 10.3 Å². The Hall–Kier alpha value is -4.34. The summed E-state index contributed by atoms with van der Waals surface area (Å²) in [5.74, 6) is 0. The van der Waals surface area contributed by atoms with Crippen molar-refractivity contribution in [1.29, 1.82) is 0 Å². The maximum atomic E-state index is 14.5.